The van der Waals surface area contributed by atoms with Crippen LogP contribution in [0.1, 0.15) is 37.2 Å². The Morgan fingerprint density at radius 3 is 2.39 bits per heavy atom. The summed E-state index contributed by atoms with van der Waals surface area (Å²) in [4.78, 5) is 10.8. The van der Waals surface area contributed by atoms with Gasteiger partial charge in [-0.15, -0.1) is 0 Å². The van der Waals surface area contributed by atoms with Crippen LogP contribution in [0.5, 0.6) is 0 Å². The van der Waals surface area contributed by atoms with Crippen LogP contribution >= 0.6 is 0 Å². The molecule has 4 heteroatoms. The summed E-state index contributed by atoms with van der Waals surface area (Å²) in [5.41, 5.74) is 4.55. The highest BCUT2D eigenvalue weighted by Crippen LogP contribution is 2.40. The smallest absolute Gasteiger partial charge is 0.255 e. The summed E-state index contributed by atoms with van der Waals surface area (Å²) >= 11 is 0. The fraction of sp³-hybridized carbons (Fsp3) is 0.500. The quantitative estimate of drug-likeness (QED) is 0.861. The van der Waals surface area contributed by atoms with Crippen LogP contribution in [-0.2, 0) is 4.79 Å². The molecule has 0 aliphatic heterocycles. The van der Waals surface area contributed by atoms with E-state index in [9.17, 15) is 14.3 Å². The highest BCUT2D eigenvalue weighted by molar-refractivity contribution is 5.80. The average molecular weight is 251 g/mol. The Labute approximate surface area is 106 Å². The van der Waals surface area contributed by atoms with Crippen LogP contribution in [-0.4, -0.2) is 22.8 Å². The Morgan fingerprint density at radius 1 is 1.33 bits per heavy atom. The molecule has 18 heavy (non-hydrogen) atoms. The van der Waals surface area contributed by atoms with Crippen LogP contribution in [0.15, 0.2) is 30.3 Å². The molecule has 0 radical (unpaired) electrons. The van der Waals surface area contributed by atoms with Gasteiger partial charge in [0.2, 0.25) is 6.17 Å². The van der Waals surface area contributed by atoms with Crippen molar-refractivity contribution in [3.63, 3.8) is 0 Å². The van der Waals surface area contributed by atoms with E-state index < -0.39 is 17.7 Å². The van der Waals surface area contributed by atoms with Crippen LogP contribution < -0.4 is 5.73 Å². The van der Waals surface area contributed by atoms with E-state index in [1.165, 1.54) is 5.56 Å². The highest BCUT2D eigenvalue weighted by Gasteiger charge is 2.43. The van der Waals surface area contributed by atoms with Gasteiger partial charge in [0.25, 0.3) is 5.91 Å². The monoisotopic (exact) mass is 251 g/mol. The van der Waals surface area contributed by atoms with Crippen LogP contribution in [0, 0.1) is 0 Å². The summed E-state index contributed by atoms with van der Waals surface area (Å²) in [7, 11) is 0. The summed E-state index contributed by atoms with van der Waals surface area (Å²) in [5.74, 6) is -0.748. The van der Waals surface area contributed by atoms with Gasteiger partial charge in [0.05, 0.1) is 0 Å². The minimum Gasteiger partial charge on any atom is -0.386 e. The summed E-state index contributed by atoms with van der Waals surface area (Å²) in [6.07, 6.45) is -0.0651. The molecule has 0 bridgehead atoms. The van der Waals surface area contributed by atoms with Crippen molar-refractivity contribution in [2.75, 3.05) is 0 Å². The first-order valence-corrected chi connectivity index (χ1v) is 6.23. The summed E-state index contributed by atoms with van der Waals surface area (Å²) in [5, 5.41) is 10.1. The molecular weight excluding hydrogens is 233 g/mol. The first-order chi connectivity index (χ1) is 8.53. The zero-order valence-corrected chi connectivity index (χ0v) is 10.2. The van der Waals surface area contributed by atoms with Crippen molar-refractivity contribution in [1.29, 1.82) is 0 Å². The van der Waals surface area contributed by atoms with Crippen molar-refractivity contribution in [1.82, 2.24) is 0 Å². The topological polar surface area (TPSA) is 63.3 Å². The summed E-state index contributed by atoms with van der Waals surface area (Å²) in [6.45, 7) is 0. The third kappa shape index (κ3) is 2.53. The molecule has 1 atom stereocenters. The van der Waals surface area contributed by atoms with Crippen molar-refractivity contribution in [3.8, 4) is 0 Å². The van der Waals surface area contributed by atoms with Crippen molar-refractivity contribution in [3.05, 3.63) is 35.9 Å². The highest BCUT2D eigenvalue weighted by atomic mass is 19.1. The predicted octanol–water partition coefficient (Wildman–Crippen LogP) is 1.90. The lowest BCUT2D eigenvalue weighted by Gasteiger charge is -2.37. The van der Waals surface area contributed by atoms with Crippen molar-refractivity contribution >= 4 is 5.91 Å². The minimum absolute atomic E-state index is 0.274. The van der Waals surface area contributed by atoms with E-state index in [0.29, 0.717) is 18.8 Å². The molecule has 1 aliphatic carbocycles. The molecule has 0 aromatic heterocycles. The molecule has 2 rings (SSSR count). The number of carbonyl (C=O) groups excluding carboxylic acids is 1. The molecule has 0 spiro atoms. The molecule has 3 N–H and O–H groups in total. The summed E-state index contributed by atoms with van der Waals surface area (Å²) < 4.78 is 13.6. The molecule has 98 valence electrons. The number of aliphatic hydroxyl groups is 1. The number of carbonyl (C=O) groups is 1. The first-order valence-electron chi connectivity index (χ1n) is 6.23. The molecule has 1 aliphatic rings. The van der Waals surface area contributed by atoms with Crippen molar-refractivity contribution in [2.45, 2.75) is 43.4 Å². The maximum Gasteiger partial charge on any atom is 0.255 e. The zero-order chi connectivity index (χ0) is 13.2. The minimum atomic E-state index is -1.96. The van der Waals surface area contributed by atoms with Crippen LogP contribution in [0.25, 0.3) is 0 Å². The lowest BCUT2D eigenvalue weighted by Crippen LogP contribution is -2.49. The van der Waals surface area contributed by atoms with Crippen LogP contribution in [0.2, 0.25) is 0 Å². The Kier molecular flexibility index (Phi) is 3.66. The lowest BCUT2D eigenvalue weighted by atomic mass is 9.74. The van der Waals surface area contributed by atoms with E-state index in [1.54, 1.807) is 0 Å². The van der Waals surface area contributed by atoms with Gasteiger partial charge in [-0.05, 0) is 37.2 Å². The van der Waals surface area contributed by atoms with Gasteiger partial charge in [-0.25, -0.2) is 4.39 Å². The van der Waals surface area contributed by atoms with Gasteiger partial charge < -0.3 is 10.8 Å². The normalized spacial score (nSPS) is 29.8. The Hall–Kier alpha value is -1.42. The zero-order valence-electron chi connectivity index (χ0n) is 10.2. The second-order valence-corrected chi connectivity index (χ2v) is 5.05. The van der Waals surface area contributed by atoms with E-state index in [-0.39, 0.29) is 12.8 Å². The number of hydrogen-bond acceptors (Lipinski definition) is 2. The molecule has 1 amide bonds. The van der Waals surface area contributed by atoms with Gasteiger partial charge >= 0.3 is 0 Å². The molecule has 1 unspecified atom stereocenters. The third-order valence-corrected chi connectivity index (χ3v) is 3.84. The second-order valence-electron chi connectivity index (χ2n) is 5.05. The number of primary amides is 1. The fourth-order valence-corrected chi connectivity index (χ4v) is 2.69. The molecule has 0 saturated heterocycles. The van der Waals surface area contributed by atoms with Crippen LogP contribution in [0.4, 0.5) is 4.39 Å². The van der Waals surface area contributed by atoms with E-state index in [2.05, 4.69) is 0 Å². The van der Waals surface area contributed by atoms with Gasteiger partial charge in [0.15, 0.2) is 0 Å². The Morgan fingerprint density at radius 2 is 1.89 bits per heavy atom. The molecule has 1 aromatic carbocycles. The van der Waals surface area contributed by atoms with E-state index >= 15 is 0 Å². The second kappa shape index (κ2) is 5.06. The molecule has 3 nitrogen and oxygen atoms in total. The largest absolute Gasteiger partial charge is 0.386 e. The number of nitrogens with two attached hydrogens (primary N) is 1. The first kappa shape index (κ1) is 13.0. The molecular formula is C14H18FNO2. The number of benzene rings is 1. The fourth-order valence-electron chi connectivity index (χ4n) is 2.69. The summed E-state index contributed by atoms with van der Waals surface area (Å²) in [6, 6.07) is 9.97. The maximum absolute atomic E-state index is 13.6. The molecule has 1 saturated carbocycles. The average Bonchev–Trinajstić information content (AvgIpc) is 2.39. The number of hydrogen-bond donors (Lipinski definition) is 2. The number of alkyl halides is 1. The van der Waals surface area contributed by atoms with Gasteiger partial charge in [-0.3, -0.25) is 4.79 Å². The van der Waals surface area contributed by atoms with Crippen molar-refractivity contribution in [2.24, 2.45) is 5.73 Å². The maximum atomic E-state index is 13.6. The lowest BCUT2D eigenvalue weighted by molar-refractivity contribution is -0.137. The SMILES string of the molecule is NC(=O)C(F)C1(O)CCC(c2ccccc2)CC1. The van der Waals surface area contributed by atoms with Gasteiger partial charge in [0, 0.05) is 0 Å². The standard InChI is InChI=1S/C14H18FNO2/c15-12(13(16)17)14(18)8-6-11(7-9-14)10-4-2-1-3-5-10/h1-5,11-12,18H,6-9H2,(H2,16,17). The Balaban J connectivity index is 2.02. The van der Waals surface area contributed by atoms with E-state index in [1.807, 2.05) is 30.3 Å². The van der Waals surface area contributed by atoms with Crippen LogP contribution in [0.3, 0.4) is 0 Å². The Bertz CT molecular complexity index is 413. The van der Waals surface area contributed by atoms with E-state index in [0.717, 1.165) is 0 Å². The van der Waals surface area contributed by atoms with E-state index in [4.69, 9.17) is 5.73 Å². The number of rotatable bonds is 3. The number of halogens is 1. The predicted molar refractivity (Wildman–Crippen MR) is 66.7 cm³/mol. The third-order valence-electron chi connectivity index (χ3n) is 3.84. The van der Waals surface area contributed by atoms with Gasteiger partial charge in [0.1, 0.15) is 5.60 Å². The molecule has 1 fully saturated rings. The number of amides is 1. The molecule has 1 aromatic rings. The molecule has 0 heterocycles. The van der Waals surface area contributed by atoms with Gasteiger partial charge in [-0.1, -0.05) is 30.3 Å². The van der Waals surface area contributed by atoms with Crippen molar-refractivity contribution < 1.29 is 14.3 Å². The van der Waals surface area contributed by atoms with Gasteiger partial charge in [-0.2, -0.15) is 0 Å².